The van der Waals surface area contributed by atoms with Crippen LogP contribution in [0, 0.1) is 5.92 Å². The molecule has 1 aromatic rings. The van der Waals surface area contributed by atoms with Gasteiger partial charge in [0.1, 0.15) is 0 Å². The smallest absolute Gasteiger partial charge is 0.308 e. The number of rotatable bonds is 2. The quantitative estimate of drug-likeness (QED) is 0.790. The van der Waals surface area contributed by atoms with Crippen LogP contribution in [0.25, 0.3) is 0 Å². The molecule has 1 aromatic heterocycles. The summed E-state index contributed by atoms with van der Waals surface area (Å²) in [6.45, 7) is 2.16. The molecule has 0 saturated carbocycles. The van der Waals surface area contributed by atoms with Crippen LogP contribution in [0.3, 0.4) is 0 Å². The minimum absolute atomic E-state index is 0.248. The highest BCUT2D eigenvalue weighted by atomic mass is 16.4. The lowest BCUT2D eigenvalue weighted by atomic mass is 10.0. The van der Waals surface area contributed by atoms with Crippen molar-refractivity contribution in [2.24, 2.45) is 5.92 Å². The molecular formula is C12H14N2O4. The van der Waals surface area contributed by atoms with Crippen molar-refractivity contribution in [2.75, 3.05) is 6.54 Å². The molecule has 0 aliphatic carbocycles. The van der Waals surface area contributed by atoms with Gasteiger partial charge in [-0.05, 0) is 19.4 Å². The molecule has 1 aliphatic heterocycles. The maximum atomic E-state index is 12.1. The van der Waals surface area contributed by atoms with E-state index in [2.05, 4.69) is 4.98 Å². The average Bonchev–Trinajstić information content (AvgIpc) is 2.71. The van der Waals surface area contributed by atoms with Gasteiger partial charge >= 0.3 is 5.97 Å². The van der Waals surface area contributed by atoms with Gasteiger partial charge in [-0.25, -0.2) is 0 Å². The summed E-state index contributed by atoms with van der Waals surface area (Å²) in [7, 11) is 0. The molecule has 1 fully saturated rings. The minimum Gasteiger partial charge on any atom is -0.481 e. The predicted octanol–water partition coefficient (Wildman–Crippen LogP) is 0.310. The van der Waals surface area contributed by atoms with Crippen molar-refractivity contribution >= 4 is 11.9 Å². The van der Waals surface area contributed by atoms with Crippen LogP contribution in [0.15, 0.2) is 23.1 Å². The summed E-state index contributed by atoms with van der Waals surface area (Å²) in [5.74, 6) is -1.64. The Labute approximate surface area is 103 Å². The number of aliphatic carboxylic acids is 1. The highest BCUT2D eigenvalue weighted by Gasteiger charge is 2.38. The van der Waals surface area contributed by atoms with Gasteiger partial charge in [0.15, 0.2) is 0 Å². The molecule has 2 heterocycles. The molecule has 96 valence electrons. The zero-order chi connectivity index (χ0) is 13.3. The number of H-pyrrole nitrogens is 1. The normalized spacial score (nSPS) is 23.1. The first-order chi connectivity index (χ1) is 8.50. The lowest BCUT2D eigenvalue weighted by Gasteiger charge is -2.23. The third-order valence-electron chi connectivity index (χ3n) is 3.36. The molecule has 6 nitrogen and oxygen atoms in total. The van der Waals surface area contributed by atoms with Crippen molar-refractivity contribution < 1.29 is 14.7 Å². The number of carbonyl (C=O) groups excluding carboxylic acids is 1. The Hall–Kier alpha value is -2.11. The van der Waals surface area contributed by atoms with Gasteiger partial charge in [-0.1, -0.05) is 0 Å². The first-order valence-corrected chi connectivity index (χ1v) is 5.73. The summed E-state index contributed by atoms with van der Waals surface area (Å²) in [4.78, 5) is 38.0. The summed E-state index contributed by atoms with van der Waals surface area (Å²) in [6, 6.07) is 2.40. The number of carboxylic acids is 1. The highest BCUT2D eigenvalue weighted by Crippen LogP contribution is 2.25. The molecule has 18 heavy (non-hydrogen) atoms. The number of amides is 1. The van der Waals surface area contributed by atoms with E-state index in [0.717, 1.165) is 0 Å². The summed E-state index contributed by atoms with van der Waals surface area (Å²) in [6.07, 6.45) is 1.82. The third-order valence-corrected chi connectivity index (χ3v) is 3.36. The second-order valence-corrected chi connectivity index (χ2v) is 4.41. The molecule has 0 spiro atoms. The van der Waals surface area contributed by atoms with Crippen molar-refractivity contribution in [2.45, 2.75) is 19.4 Å². The number of carboxylic acid groups (broad SMARTS) is 1. The Bertz CT molecular complexity index is 517. The van der Waals surface area contributed by atoms with Gasteiger partial charge in [-0.3, -0.25) is 14.4 Å². The van der Waals surface area contributed by atoms with Crippen LogP contribution in [-0.4, -0.2) is 39.5 Å². The standard InChI is InChI=1S/C12H14N2O4/c1-7-9(12(17)18)4-5-14(7)11(16)8-2-3-10(15)13-6-8/h2-3,6-7,9H,4-5H2,1H3,(H,13,15)(H,17,18). The van der Waals surface area contributed by atoms with Gasteiger partial charge in [0, 0.05) is 24.8 Å². The maximum absolute atomic E-state index is 12.1. The van der Waals surface area contributed by atoms with Crippen LogP contribution in [-0.2, 0) is 4.79 Å². The van der Waals surface area contributed by atoms with Crippen LogP contribution in [0.5, 0.6) is 0 Å². The van der Waals surface area contributed by atoms with Crippen molar-refractivity contribution in [1.29, 1.82) is 0 Å². The molecule has 1 saturated heterocycles. The summed E-state index contributed by atoms with van der Waals surface area (Å²) in [5.41, 5.74) is 0.0944. The second kappa shape index (κ2) is 4.64. The van der Waals surface area contributed by atoms with Crippen LogP contribution in [0.2, 0.25) is 0 Å². The number of pyridine rings is 1. The Balaban J connectivity index is 2.18. The summed E-state index contributed by atoms with van der Waals surface area (Å²) >= 11 is 0. The second-order valence-electron chi connectivity index (χ2n) is 4.41. The van der Waals surface area contributed by atoms with Crippen LogP contribution in [0.1, 0.15) is 23.7 Å². The van der Waals surface area contributed by atoms with Crippen LogP contribution >= 0.6 is 0 Å². The van der Waals surface area contributed by atoms with Gasteiger partial charge < -0.3 is 15.0 Å². The van der Waals surface area contributed by atoms with E-state index < -0.39 is 11.9 Å². The van der Waals surface area contributed by atoms with E-state index in [1.807, 2.05) is 0 Å². The number of aromatic nitrogens is 1. The van der Waals surface area contributed by atoms with E-state index in [-0.39, 0.29) is 17.5 Å². The molecule has 2 unspecified atom stereocenters. The van der Waals surface area contributed by atoms with E-state index in [1.165, 1.54) is 23.2 Å². The Kier molecular flexibility index (Phi) is 3.18. The molecule has 1 amide bonds. The van der Waals surface area contributed by atoms with E-state index in [1.54, 1.807) is 6.92 Å². The van der Waals surface area contributed by atoms with E-state index in [0.29, 0.717) is 18.5 Å². The fourth-order valence-electron chi connectivity index (χ4n) is 2.27. The topological polar surface area (TPSA) is 90.5 Å². The molecule has 2 N–H and O–H groups in total. The van der Waals surface area contributed by atoms with Gasteiger partial charge in [-0.15, -0.1) is 0 Å². The average molecular weight is 250 g/mol. The number of hydrogen-bond donors (Lipinski definition) is 2. The SMILES string of the molecule is CC1C(C(=O)O)CCN1C(=O)c1ccc(=O)[nH]c1. The molecule has 0 radical (unpaired) electrons. The van der Waals surface area contributed by atoms with Crippen molar-refractivity contribution in [3.05, 3.63) is 34.2 Å². The molecular weight excluding hydrogens is 236 g/mol. The molecule has 0 aromatic carbocycles. The molecule has 6 heteroatoms. The largest absolute Gasteiger partial charge is 0.481 e. The lowest BCUT2D eigenvalue weighted by Crippen LogP contribution is -2.37. The van der Waals surface area contributed by atoms with Gasteiger partial charge in [0.2, 0.25) is 5.56 Å². The number of hydrogen-bond acceptors (Lipinski definition) is 3. The molecule has 2 atom stereocenters. The van der Waals surface area contributed by atoms with E-state index in [4.69, 9.17) is 5.11 Å². The third kappa shape index (κ3) is 2.13. The molecule has 2 rings (SSSR count). The highest BCUT2D eigenvalue weighted by molar-refractivity contribution is 5.94. The van der Waals surface area contributed by atoms with E-state index >= 15 is 0 Å². The van der Waals surface area contributed by atoms with Crippen molar-refractivity contribution in [3.8, 4) is 0 Å². The fourth-order valence-corrected chi connectivity index (χ4v) is 2.27. The number of carbonyl (C=O) groups is 2. The van der Waals surface area contributed by atoms with Crippen LogP contribution < -0.4 is 5.56 Å². The van der Waals surface area contributed by atoms with Crippen LogP contribution in [0.4, 0.5) is 0 Å². The van der Waals surface area contributed by atoms with Gasteiger partial charge in [0.05, 0.1) is 11.5 Å². The summed E-state index contributed by atoms with van der Waals surface area (Å²) < 4.78 is 0. The number of nitrogens with zero attached hydrogens (tertiary/aromatic N) is 1. The first kappa shape index (κ1) is 12.3. The minimum atomic E-state index is -0.876. The zero-order valence-electron chi connectivity index (χ0n) is 9.92. The van der Waals surface area contributed by atoms with E-state index in [9.17, 15) is 14.4 Å². The predicted molar refractivity (Wildman–Crippen MR) is 63.3 cm³/mol. The number of aromatic amines is 1. The Morgan fingerprint density at radius 2 is 2.17 bits per heavy atom. The fraction of sp³-hybridized carbons (Fsp3) is 0.417. The Morgan fingerprint density at radius 3 is 2.67 bits per heavy atom. The first-order valence-electron chi connectivity index (χ1n) is 5.73. The molecule has 0 bridgehead atoms. The lowest BCUT2D eigenvalue weighted by molar-refractivity contribution is -0.142. The molecule has 1 aliphatic rings. The maximum Gasteiger partial charge on any atom is 0.308 e. The Morgan fingerprint density at radius 1 is 1.44 bits per heavy atom. The summed E-state index contributed by atoms with van der Waals surface area (Å²) in [5, 5.41) is 9.00. The zero-order valence-corrected chi connectivity index (χ0v) is 9.92. The van der Waals surface area contributed by atoms with Crippen molar-refractivity contribution in [3.63, 3.8) is 0 Å². The van der Waals surface area contributed by atoms with Crippen molar-refractivity contribution in [1.82, 2.24) is 9.88 Å². The van der Waals surface area contributed by atoms with Gasteiger partial charge in [-0.2, -0.15) is 0 Å². The van der Waals surface area contributed by atoms with Gasteiger partial charge in [0.25, 0.3) is 5.91 Å². The number of likely N-dealkylation sites (tertiary alicyclic amines) is 1. The monoisotopic (exact) mass is 250 g/mol. The number of nitrogens with one attached hydrogen (secondary N) is 1.